The molecule has 9 heteroatoms. The Morgan fingerprint density at radius 2 is 2.11 bits per heavy atom. The van der Waals surface area contributed by atoms with E-state index in [4.69, 9.17) is 17.3 Å². The van der Waals surface area contributed by atoms with Gasteiger partial charge in [-0.2, -0.15) is 0 Å². The second-order valence-corrected chi connectivity index (χ2v) is 5.26. The van der Waals surface area contributed by atoms with E-state index in [-0.39, 0.29) is 11.4 Å². The van der Waals surface area contributed by atoms with Crippen LogP contribution in [0.5, 0.6) is 0 Å². The minimum absolute atomic E-state index is 0.159. The first-order chi connectivity index (χ1) is 8.56. The number of hydrogen-bond donors (Lipinski definition) is 2. The van der Waals surface area contributed by atoms with Crippen molar-refractivity contribution in [1.82, 2.24) is 19.9 Å². The average Bonchev–Trinajstić information content (AvgIpc) is 2.26. The molecule has 2 rings (SSSR count). The van der Waals surface area contributed by atoms with Crippen molar-refractivity contribution >= 4 is 40.9 Å². The Bertz CT molecular complexity index is 633. The number of halogens is 1. The van der Waals surface area contributed by atoms with Crippen molar-refractivity contribution in [3.63, 3.8) is 0 Å². The van der Waals surface area contributed by atoms with Gasteiger partial charge in [-0.1, -0.05) is 23.4 Å². The lowest BCUT2D eigenvalue weighted by Gasteiger charge is -2.02. The van der Waals surface area contributed by atoms with Gasteiger partial charge < -0.3 is 10.7 Å². The minimum Gasteiger partial charge on any atom is -0.383 e. The van der Waals surface area contributed by atoms with Crippen LogP contribution in [0, 0.1) is 0 Å². The van der Waals surface area contributed by atoms with E-state index in [0.29, 0.717) is 20.5 Å². The molecule has 94 valence electrons. The molecule has 0 aliphatic rings. The van der Waals surface area contributed by atoms with Crippen molar-refractivity contribution in [2.24, 2.45) is 0 Å². The Hall–Kier alpha value is -1.25. The van der Waals surface area contributed by atoms with E-state index in [1.807, 2.05) is 6.26 Å². The van der Waals surface area contributed by atoms with Gasteiger partial charge in [-0.05, 0) is 18.0 Å². The number of H-pyrrole nitrogens is 1. The fourth-order valence-electron chi connectivity index (χ4n) is 1.12. The second kappa shape index (κ2) is 5.59. The van der Waals surface area contributed by atoms with E-state index in [2.05, 4.69) is 19.9 Å². The molecule has 6 nitrogen and oxygen atoms in total. The highest BCUT2D eigenvalue weighted by Gasteiger charge is 2.07. The second-order valence-electron chi connectivity index (χ2n) is 3.09. The van der Waals surface area contributed by atoms with Gasteiger partial charge >= 0.3 is 0 Å². The summed E-state index contributed by atoms with van der Waals surface area (Å²) in [5.41, 5.74) is 5.18. The standard InChI is InChI=1S/C9H8ClN5OS2/c1-17-8-12-4(10)2-7(15-8)18-9-13-5(11)3-6(16)14-9/h2-3H,1H3,(H3,11,13,14,16). The largest absolute Gasteiger partial charge is 0.383 e. The van der Waals surface area contributed by atoms with Crippen LogP contribution in [0.1, 0.15) is 0 Å². The Kier molecular flexibility index (Phi) is 4.10. The number of rotatable bonds is 3. The first kappa shape index (κ1) is 13.2. The summed E-state index contributed by atoms with van der Waals surface area (Å²) < 4.78 is 0. The van der Waals surface area contributed by atoms with Crippen LogP contribution in [-0.4, -0.2) is 26.2 Å². The molecule has 0 aliphatic carbocycles. The maximum Gasteiger partial charge on any atom is 0.253 e. The molecule has 0 amide bonds. The zero-order valence-electron chi connectivity index (χ0n) is 9.18. The molecule has 0 radical (unpaired) electrons. The molecule has 0 aromatic carbocycles. The molecule has 0 bridgehead atoms. The highest BCUT2D eigenvalue weighted by Crippen LogP contribution is 2.26. The Labute approximate surface area is 116 Å². The SMILES string of the molecule is CSc1nc(Cl)cc(Sc2nc(N)cc(=O)[nH]2)n1. The van der Waals surface area contributed by atoms with Gasteiger partial charge in [-0.15, -0.1) is 0 Å². The lowest BCUT2D eigenvalue weighted by Crippen LogP contribution is -2.09. The van der Waals surface area contributed by atoms with Crippen LogP contribution in [-0.2, 0) is 0 Å². The summed E-state index contributed by atoms with van der Waals surface area (Å²) in [6.45, 7) is 0. The maximum absolute atomic E-state index is 11.2. The summed E-state index contributed by atoms with van der Waals surface area (Å²) in [6.07, 6.45) is 1.85. The molecule has 3 N–H and O–H groups in total. The maximum atomic E-state index is 11.2. The highest BCUT2D eigenvalue weighted by molar-refractivity contribution is 7.99. The van der Waals surface area contributed by atoms with E-state index in [1.165, 1.54) is 17.8 Å². The number of nitrogens with two attached hydrogens (primary N) is 1. The van der Waals surface area contributed by atoms with E-state index >= 15 is 0 Å². The number of anilines is 1. The van der Waals surface area contributed by atoms with E-state index in [1.54, 1.807) is 6.07 Å². The first-order valence-electron chi connectivity index (χ1n) is 4.70. The van der Waals surface area contributed by atoms with Crippen molar-refractivity contribution < 1.29 is 0 Å². The van der Waals surface area contributed by atoms with Gasteiger partial charge in [0.05, 0.1) is 0 Å². The van der Waals surface area contributed by atoms with Gasteiger partial charge in [0.25, 0.3) is 5.56 Å². The van der Waals surface area contributed by atoms with E-state index in [9.17, 15) is 4.79 Å². The van der Waals surface area contributed by atoms with Gasteiger partial charge in [0, 0.05) is 12.1 Å². The van der Waals surface area contributed by atoms with E-state index < -0.39 is 0 Å². The number of nitrogen functional groups attached to an aromatic ring is 1. The minimum atomic E-state index is -0.310. The highest BCUT2D eigenvalue weighted by atomic mass is 35.5. The molecular formula is C9H8ClN5OS2. The van der Waals surface area contributed by atoms with Crippen molar-refractivity contribution in [3.8, 4) is 0 Å². The summed E-state index contributed by atoms with van der Waals surface area (Å²) >= 11 is 8.40. The topological polar surface area (TPSA) is 97.5 Å². The molecule has 0 atom stereocenters. The molecule has 0 aliphatic heterocycles. The third-order valence-electron chi connectivity index (χ3n) is 1.77. The Balaban J connectivity index is 2.33. The monoisotopic (exact) mass is 301 g/mol. The summed E-state index contributed by atoms with van der Waals surface area (Å²) in [5, 5.41) is 1.84. The number of thioether (sulfide) groups is 1. The predicted octanol–water partition coefficient (Wildman–Crippen LogP) is 1.67. The number of nitrogens with one attached hydrogen (secondary N) is 1. The number of aromatic nitrogens is 4. The molecule has 0 spiro atoms. The summed E-state index contributed by atoms with van der Waals surface area (Å²) in [4.78, 5) is 26.0. The molecule has 0 fully saturated rings. The lowest BCUT2D eigenvalue weighted by atomic mass is 10.6. The predicted molar refractivity (Wildman–Crippen MR) is 72.2 cm³/mol. The van der Waals surface area contributed by atoms with Crippen LogP contribution >= 0.6 is 35.1 Å². The number of aromatic amines is 1. The van der Waals surface area contributed by atoms with E-state index in [0.717, 1.165) is 11.8 Å². The zero-order chi connectivity index (χ0) is 13.1. The van der Waals surface area contributed by atoms with Crippen LogP contribution in [0.4, 0.5) is 5.82 Å². The van der Waals surface area contributed by atoms with Crippen LogP contribution < -0.4 is 11.3 Å². The van der Waals surface area contributed by atoms with Crippen molar-refractivity contribution in [3.05, 3.63) is 27.6 Å². The number of hydrogen-bond acceptors (Lipinski definition) is 7. The Morgan fingerprint density at radius 1 is 1.33 bits per heavy atom. The molecule has 2 aromatic heterocycles. The van der Waals surface area contributed by atoms with Crippen molar-refractivity contribution in [2.75, 3.05) is 12.0 Å². The zero-order valence-corrected chi connectivity index (χ0v) is 11.6. The average molecular weight is 302 g/mol. The van der Waals surface area contributed by atoms with Crippen LogP contribution in [0.25, 0.3) is 0 Å². The Morgan fingerprint density at radius 3 is 2.78 bits per heavy atom. The molecule has 2 heterocycles. The molecule has 18 heavy (non-hydrogen) atoms. The normalized spacial score (nSPS) is 10.6. The third-order valence-corrected chi connectivity index (χ3v) is 3.32. The van der Waals surface area contributed by atoms with Gasteiger partial charge in [0.2, 0.25) is 0 Å². The van der Waals surface area contributed by atoms with Crippen molar-refractivity contribution in [2.45, 2.75) is 15.3 Å². The lowest BCUT2D eigenvalue weighted by molar-refractivity contribution is 0.883. The molecular weight excluding hydrogens is 294 g/mol. The summed E-state index contributed by atoms with van der Waals surface area (Å²) in [6, 6.07) is 2.81. The van der Waals surface area contributed by atoms with Crippen LogP contribution in [0.15, 0.2) is 32.3 Å². The molecule has 0 saturated carbocycles. The van der Waals surface area contributed by atoms with Crippen molar-refractivity contribution in [1.29, 1.82) is 0 Å². The van der Waals surface area contributed by atoms with Gasteiger partial charge in [-0.3, -0.25) is 4.79 Å². The summed E-state index contributed by atoms with van der Waals surface area (Å²) in [7, 11) is 0. The fourth-order valence-corrected chi connectivity index (χ4v) is 2.66. The third kappa shape index (κ3) is 3.37. The fraction of sp³-hybridized carbons (Fsp3) is 0.111. The van der Waals surface area contributed by atoms with Gasteiger partial charge in [-0.25, -0.2) is 15.0 Å². The van der Waals surface area contributed by atoms with Gasteiger partial charge in [0.15, 0.2) is 10.3 Å². The quantitative estimate of drug-likeness (QED) is 0.505. The number of nitrogens with zero attached hydrogens (tertiary/aromatic N) is 3. The summed E-state index contributed by atoms with van der Waals surface area (Å²) in [5.74, 6) is 0.159. The molecule has 0 unspecified atom stereocenters. The molecule has 0 saturated heterocycles. The van der Waals surface area contributed by atoms with Crippen LogP contribution in [0.2, 0.25) is 5.15 Å². The molecule has 2 aromatic rings. The van der Waals surface area contributed by atoms with Gasteiger partial charge in [0.1, 0.15) is 16.0 Å². The first-order valence-corrected chi connectivity index (χ1v) is 7.12. The van der Waals surface area contributed by atoms with Crippen LogP contribution in [0.3, 0.4) is 0 Å². The smallest absolute Gasteiger partial charge is 0.253 e.